The molecule has 0 bridgehead atoms. The first kappa shape index (κ1) is 21.5. The lowest BCUT2D eigenvalue weighted by atomic mass is 9.45. The van der Waals surface area contributed by atoms with Crippen molar-refractivity contribution in [2.24, 2.45) is 16.7 Å². The van der Waals surface area contributed by atoms with E-state index in [-0.39, 0.29) is 41.1 Å². The van der Waals surface area contributed by atoms with Gasteiger partial charge in [0.05, 0.1) is 5.60 Å². The van der Waals surface area contributed by atoms with Crippen molar-refractivity contribution in [3.63, 3.8) is 0 Å². The van der Waals surface area contributed by atoms with E-state index in [1.54, 1.807) is 14.2 Å². The molecular formula is C23H38O6. The Morgan fingerprint density at radius 3 is 2.41 bits per heavy atom. The first-order valence-corrected chi connectivity index (χ1v) is 11.2. The highest BCUT2D eigenvalue weighted by Crippen LogP contribution is 2.67. The molecule has 6 heteroatoms. The van der Waals surface area contributed by atoms with Crippen LogP contribution in [0.5, 0.6) is 0 Å². The lowest BCUT2D eigenvalue weighted by Gasteiger charge is -2.63. The summed E-state index contributed by atoms with van der Waals surface area (Å²) in [6.07, 6.45) is 7.25. The SMILES string of the molecule is CO[C@@H]1C[C@@]2(CC[C@]3(CCC[C@H]4C(C)(C)[C@@H](OC(C)=O)CC[C@@]43C)O2)[C@H](OC)O1. The Hall–Kier alpha value is -0.690. The monoisotopic (exact) mass is 410 g/mol. The van der Waals surface area contributed by atoms with Crippen LogP contribution in [0.25, 0.3) is 0 Å². The smallest absolute Gasteiger partial charge is 0.302 e. The van der Waals surface area contributed by atoms with Gasteiger partial charge in [0.15, 0.2) is 12.6 Å². The lowest BCUT2D eigenvalue weighted by Crippen LogP contribution is -2.63. The second kappa shape index (κ2) is 7.18. The van der Waals surface area contributed by atoms with E-state index in [0.717, 1.165) is 44.9 Å². The maximum atomic E-state index is 11.7. The Labute approximate surface area is 174 Å². The molecule has 0 radical (unpaired) electrons. The van der Waals surface area contributed by atoms with Crippen LogP contribution in [0.4, 0.5) is 0 Å². The highest BCUT2D eigenvalue weighted by molar-refractivity contribution is 5.66. The predicted molar refractivity (Wildman–Crippen MR) is 107 cm³/mol. The highest BCUT2D eigenvalue weighted by atomic mass is 16.8. The van der Waals surface area contributed by atoms with Crippen molar-refractivity contribution in [1.82, 2.24) is 0 Å². The van der Waals surface area contributed by atoms with Gasteiger partial charge in [-0.2, -0.15) is 0 Å². The standard InChI is InChI=1S/C23H38O6/c1-15(24)27-17-9-11-21(4)16(20(17,2)3)8-7-10-23(21)13-12-22(29-23)14-18(25-5)28-19(22)26-6/h16-19H,7-14H2,1-6H3/t16-,17-,18-,19+,21-,22-,23-/m0/s1. The van der Waals surface area contributed by atoms with E-state index in [2.05, 4.69) is 20.8 Å². The van der Waals surface area contributed by atoms with Crippen LogP contribution in [-0.2, 0) is 28.5 Å². The third-order valence-corrected chi connectivity index (χ3v) is 8.89. The zero-order valence-corrected chi connectivity index (χ0v) is 18.9. The molecule has 0 aromatic rings. The molecule has 2 aliphatic carbocycles. The zero-order valence-electron chi connectivity index (χ0n) is 18.9. The number of hydrogen-bond donors (Lipinski definition) is 0. The molecule has 4 rings (SSSR count). The molecule has 166 valence electrons. The van der Waals surface area contributed by atoms with Crippen LogP contribution < -0.4 is 0 Å². The number of fused-ring (bicyclic) bond motifs is 2. The quantitative estimate of drug-likeness (QED) is 0.650. The number of carbonyl (C=O) groups is 1. The van der Waals surface area contributed by atoms with Gasteiger partial charge < -0.3 is 23.7 Å². The first-order chi connectivity index (χ1) is 13.6. The number of methoxy groups -OCH3 is 2. The molecule has 0 amide bonds. The maximum Gasteiger partial charge on any atom is 0.302 e. The molecular weight excluding hydrogens is 372 g/mol. The molecule has 0 N–H and O–H groups in total. The summed E-state index contributed by atoms with van der Waals surface area (Å²) in [6, 6.07) is 0. The number of esters is 1. The summed E-state index contributed by atoms with van der Waals surface area (Å²) in [7, 11) is 3.37. The first-order valence-electron chi connectivity index (χ1n) is 11.2. The molecule has 0 aromatic carbocycles. The summed E-state index contributed by atoms with van der Waals surface area (Å²) < 4.78 is 30.1. The van der Waals surface area contributed by atoms with Crippen LogP contribution >= 0.6 is 0 Å². The normalized spacial score (nSPS) is 48.8. The Morgan fingerprint density at radius 2 is 1.76 bits per heavy atom. The van der Waals surface area contributed by atoms with Crippen molar-refractivity contribution < 1.29 is 28.5 Å². The number of carbonyl (C=O) groups excluding carboxylic acids is 1. The molecule has 7 atom stereocenters. The Balaban J connectivity index is 1.64. The van der Waals surface area contributed by atoms with Gasteiger partial charge in [0.1, 0.15) is 11.7 Å². The van der Waals surface area contributed by atoms with Crippen LogP contribution in [0, 0.1) is 16.7 Å². The zero-order chi connectivity index (χ0) is 21.1. The molecule has 2 aliphatic heterocycles. The highest BCUT2D eigenvalue weighted by Gasteiger charge is 2.69. The topological polar surface area (TPSA) is 63.2 Å². The predicted octanol–water partition coefficient (Wildman–Crippen LogP) is 4.20. The summed E-state index contributed by atoms with van der Waals surface area (Å²) in [4.78, 5) is 11.7. The molecule has 2 saturated carbocycles. The largest absolute Gasteiger partial charge is 0.462 e. The van der Waals surface area contributed by atoms with Crippen molar-refractivity contribution in [2.75, 3.05) is 14.2 Å². The molecule has 0 unspecified atom stereocenters. The average molecular weight is 411 g/mol. The van der Waals surface area contributed by atoms with Crippen molar-refractivity contribution in [1.29, 1.82) is 0 Å². The Kier molecular flexibility index (Phi) is 5.33. The van der Waals surface area contributed by atoms with Gasteiger partial charge in [-0.25, -0.2) is 0 Å². The fourth-order valence-electron chi connectivity index (χ4n) is 7.44. The van der Waals surface area contributed by atoms with Gasteiger partial charge in [0.2, 0.25) is 0 Å². The van der Waals surface area contributed by atoms with E-state index in [0.29, 0.717) is 12.3 Å². The Bertz CT molecular complexity index is 649. The van der Waals surface area contributed by atoms with E-state index in [9.17, 15) is 4.79 Å². The molecule has 4 fully saturated rings. The number of hydrogen-bond acceptors (Lipinski definition) is 6. The summed E-state index contributed by atoms with van der Waals surface area (Å²) in [6.45, 7) is 8.51. The van der Waals surface area contributed by atoms with Crippen LogP contribution in [0.1, 0.15) is 79.1 Å². The molecule has 2 saturated heterocycles. The van der Waals surface area contributed by atoms with Crippen molar-refractivity contribution >= 4 is 5.97 Å². The van der Waals surface area contributed by atoms with E-state index in [4.69, 9.17) is 23.7 Å². The van der Waals surface area contributed by atoms with E-state index in [1.165, 1.54) is 6.92 Å². The minimum absolute atomic E-state index is 0.0250. The van der Waals surface area contributed by atoms with Gasteiger partial charge in [-0.1, -0.05) is 27.2 Å². The molecule has 0 aromatic heterocycles. The molecule has 4 aliphatic rings. The van der Waals surface area contributed by atoms with E-state index in [1.807, 2.05) is 0 Å². The van der Waals surface area contributed by atoms with Gasteiger partial charge in [0, 0.05) is 38.4 Å². The Morgan fingerprint density at radius 1 is 1.00 bits per heavy atom. The lowest BCUT2D eigenvalue weighted by molar-refractivity contribution is -0.276. The number of rotatable bonds is 3. The summed E-state index contributed by atoms with van der Waals surface area (Å²) in [5.74, 6) is 0.267. The summed E-state index contributed by atoms with van der Waals surface area (Å²) >= 11 is 0. The van der Waals surface area contributed by atoms with Gasteiger partial charge >= 0.3 is 5.97 Å². The van der Waals surface area contributed by atoms with Crippen LogP contribution in [-0.4, -0.2) is 50.1 Å². The molecule has 2 heterocycles. The third kappa shape index (κ3) is 3.08. The molecule has 2 spiro atoms. The average Bonchev–Trinajstić information content (AvgIpc) is 3.21. The van der Waals surface area contributed by atoms with Crippen molar-refractivity contribution in [2.45, 2.75) is 109 Å². The third-order valence-electron chi connectivity index (χ3n) is 8.89. The van der Waals surface area contributed by atoms with Crippen molar-refractivity contribution in [3.05, 3.63) is 0 Å². The number of ether oxygens (including phenoxy) is 5. The minimum atomic E-state index is -0.433. The summed E-state index contributed by atoms with van der Waals surface area (Å²) in [5.41, 5.74) is -0.653. The minimum Gasteiger partial charge on any atom is -0.462 e. The van der Waals surface area contributed by atoms with Gasteiger partial charge in [0.25, 0.3) is 0 Å². The van der Waals surface area contributed by atoms with Crippen LogP contribution in [0.3, 0.4) is 0 Å². The van der Waals surface area contributed by atoms with Crippen molar-refractivity contribution in [3.8, 4) is 0 Å². The molecule has 29 heavy (non-hydrogen) atoms. The maximum absolute atomic E-state index is 11.7. The van der Waals surface area contributed by atoms with Crippen LogP contribution in [0.15, 0.2) is 0 Å². The fourth-order valence-corrected chi connectivity index (χ4v) is 7.44. The fraction of sp³-hybridized carbons (Fsp3) is 0.957. The molecule has 6 nitrogen and oxygen atoms in total. The van der Waals surface area contributed by atoms with Crippen LogP contribution in [0.2, 0.25) is 0 Å². The van der Waals surface area contributed by atoms with Gasteiger partial charge in [-0.3, -0.25) is 4.79 Å². The van der Waals surface area contributed by atoms with Gasteiger partial charge in [-0.05, 0) is 44.4 Å². The van der Waals surface area contributed by atoms with E-state index >= 15 is 0 Å². The van der Waals surface area contributed by atoms with Gasteiger partial charge in [-0.15, -0.1) is 0 Å². The summed E-state index contributed by atoms with van der Waals surface area (Å²) in [5, 5.41) is 0. The second-order valence-corrected chi connectivity index (χ2v) is 10.6. The van der Waals surface area contributed by atoms with E-state index < -0.39 is 5.60 Å². The second-order valence-electron chi connectivity index (χ2n) is 10.6.